The van der Waals surface area contributed by atoms with Crippen LogP contribution in [-0.2, 0) is 48.0 Å². The zero-order valence-electron chi connectivity index (χ0n) is 18.4. The zero-order valence-corrected chi connectivity index (χ0v) is 20.0. The van der Waals surface area contributed by atoms with Gasteiger partial charge in [0.1, 0.15) is 19.0 Å². The molecule has 0 N–H and O–H groups in total. The van der Waals surface area contributed by atoms with Crippen LogP contribution < -0.4 is 4.57 Å². The predicted octanol–water partition coefficient (Wildman–Crippen LogP) is 1.74. The van der Waals surface area contributed by atoms with Gasteiger partial charge < -0.3 is 9.47 Å². The number of aromatic nitrogens is 2. The number of rotatable bonds is 8. The maximum Gasteiger partial charge on any atom is 0.561 e. The van der Waals surface area contributed by atoms with Gasteiger partial charge in [-0.2, -0.15) is 43.2 Å². The number of carbonyl (C=O) groups is 1. The first-order valence-electron chi connectivity index (χ1n) is 9.61. The van der Waals surface area contributed by atoms with Crippen molar-refractivity contribution in [3.63, 3.8) is 0 Å². The number of imidazole rings is 1. The van der Waals surface area contributed by atoms with Crippen LogP contribution >= 0.6 is 0 Å². The molecule has 0 spiro atoms. The summed E-state index contributed by atoms with van der Waals surface area (Å²) in [6, 6.07) is 4.38. The topological polar surface area (TPSA) is 116 Å². The fourth-order valence-corrected chi connectivity index (χ4v) is 5.41. The van der Waals surface area contributed by atoms with Gasteiger partial charge in [-0.15, -0.1) is 0 Å². The van der Waals surface area contributed by atoms with Crippen LogP contribution in [-0.4, -0.2) is 54.3 Å². The van der Waals surface area contributed by atoms with E-state index in [1.54, 1.807) is 0 Å². The van der Waals surface area contributed by atoms with Crippen LogP contribution in [0.5, 0.6) is 0 Å². The summed E-state index contributed by atoms with van der Waals surface area (Å²) < 4.78 is 140. The Labute approximate surface area is 201 Å². The van der Waals surface area contributed by atoms with Crippen molar-refractivity contribution in [1.29, 1.82) is 0 Å². The van der Waals surface area contributed by atoms with Crippen LogP contribution in [0.4, 0.5) is 26.3 Å². The molecule has 10 nitrogen and oxygen atoms in total. The minimum absolute atomic E-state index is 0.0874. The van der Waals surface area contributed by atoms with E-state index in [9.17, 15) is 48.0 Å². The van der Waals surface area contributed by atoms with E-state index in [1.165, 1.54) is 55.1 Å². The van der Waals surface area contributed by atoms with Crippen LogP contribution in [0, 0.1) is 0 Å². The summed E-state index contributed by atoms with van der Waals surface area (Å²) in [5, 5.41) is 0. The summed E-state index contributed by atoms with van der Waals surface area (Å²) in [6.45, 7) is -0.130. The van der Waals surface area contributed by atoms with Gasteiger partial charge in [-0.3, -0.25) is 0 Å². The molecule has 1 aromatic heterocycles. The van der Waals surface area contributed by atoms with Crippen LogP contribution in [0.3, 0.4) is 0 Å². The lowest BCUT2D eigenvalue weighted by Gasteiger charge is -2.16. The van der Waals surface area contributed by atoms with E-state index in [-0.39, 0.29) is 5.56 Å². The molecule has 1 aromatic carbocycles. The number of ether oxygens (including phenoxy) is 2. The second kappa shape index (κ2) is 10.5. The first kappa shape index (κ1) is 29.1. The molecule has 18 heteroatoms. The Morgan fingerprint density at radius 2 is 1.53 bits per heavy atom. The third-order valence-corrected chi connectivity index (χ3v) is 7.84. The molecule has 2 aromatic rings. The lowest BCUT2D eigenvalue weighted by atomic mass is 10.2. The molecule has 200 valence electrons. The van der Waals surface area contributed by atoms with Crippen molar-refractivity contribution in [2.24, 2.45) is 7.05 Å². The number of hydrogen-bond donors (Lipinski definition) is 0. The number of alkyl halides is 6. The van der Waals surface area contributed by atoms with E-state index in [2.05, 4.69) is 0 Å². The molecule has 0 aliphatic carbocycles. The van der Waals surface area contributed by atoms with Gasteiger partial charge in [0.15, 0.2) is 0 Å². The number of benzene rings is 1. The van der Waals surface area contributed by atoms with Crippen LogP contribution in [0.15, 0.2) is 49.1 Å². The van der Waals surface area contributed by atoms with Crippen molar-refractivity contribution in [2.75, 3.05) is 6.61 Å². The Balaban J connectivity index is 3.05. The van der Waals surface area contributed by atoms with Gasteiger partial charge in [-0.1, -0.05) is 30.3 Å². The highest BCUT2D eigenvalue weighted by atomic mass is 32.3. The molecule has 36 heavy (non-hydrogen) atoms. The normalized spacial score (nSPS) is 13.7. The SMILES string of the molecule is CCOC(=O)C(C(OCc1ccccc1)=[N+](S(=O)(=O)C(F)(F)F)S(=O)(=O)C(F)(F)F)n1cc[n+](C)c1. The molecular weight excluding hydrogens is 548 g/mol. The minimum Gasteiger partial charge on any atom is -0.462 e. The maximum atomic E-state index is 13.5. The molecule has 0 amide bonds. The largest absolute Gasteiger partial charge is 0.561 e. The third kappa shape index (κ3) is 5.97. The second-order valence-electron chi connectivity index (χ2n) is 6.89. The van der Waals surface area contributed by atoms with Crippen LogP contribution in [0.2, 0.25) is 0 Å². The molecule has 0 aliphatic heterocycles. The quantitative estimate of drug-likeness (QED) is 0.157. The molecule has 1 atom stereocenters. The number of aryl methyl sites for hydroxylation is 1. The van der Waals surface area contributed by atoms with Gasteiger partial charge in [0.2, 0.25) is 6.33 Å². The fraction of sp³-hybridized carbons (Fsp3) is 0.389. The molecule has 0 saturated carbocycles. The zero-order chi connectivity index (χ0) is 27.5. The lowest BCUT2D eigenvalue weighted by Crippen LogP contribution is -2.49. The van der Waals surface area contributed by atoms with Gasteiger partial charge in [-0.25, -0.2) is 13.9 Å². The van der Waals surface area contributed by atoms with E-state index >= 15 is 0 Å². The first-order valence-corrected chi connectivity index (χ1v) is 12.5. The molecule has 1 unspecified atom stereocenters. The number of esters is 1. The highest BCUT2D eigenvalue weighted by Gasteiger charge is 2.70. The smallest absolute Gasteiger partial charge is 0.462 e. The summed E-state index contributed by atoms with van der Waals surface area (Å²) in [7, 11) is -13.3. The van der Waals surface area contributed by atoms with Crippen molar-refractivity contribution in [2.45, 2.75) is 30.6 Å². The van der Waals surface area contributed by atoms with E-state index in [1.807, 2.05) is 0 Å². The summed E-state index contributed by atoms with van der Waals surface area (Å²) in [5.41, 5.74) is -13.0. The fourth-order valence-electron chi connectivity index (χ4n) is 2.71. The van der Waals surface area contributed by atoms with Gasteiger partial charge >= 0.3 is 49.0 Å². The number of carbonyl (C=O) groups excluding carboxylic acids is 1. The molecule has 0 saturated heterocycles. The van der Waals surface area contributed by atoms with Gasteiger partial charge in [0.25, 0.3) is 0 Å². The number of halogens is 6. The van der Waals surface area contributed by atoms with Crippen molar-refractivity contribution in [1.82, 2.24) is 4.57 Å². The molecule has 1 heterocycles. The Kier molecular flexibility index (Phi) is 8.44. The monoisotopic (exact) mass is 567 g/mol. The minimum atomic E-state index is -7.34. The summed E-state index contributed by atoms with van der Waals surface area (Å²) in [4.78, 5) is 12.7. The van der Waals surface area contributed by atoms with Crippen molar-refractivity contribution in [3.05, 3.63) is 54.6 Å². The number of sulfonamides is 2. The molecule has 0 fully saturated rings. The molecule has 0 aliphatic rings. The first-order chi connectivity index (χ1) is 16.4. The van der Waals surface area contributed by atoms with Crippen LogP contribution in [0.1, 0.15) is 18.5 Å². The Hall–Kier alpha value is -3.15. The predicted molar refractivity (Wildman–Crippen MR) is 108 cm³/mol. The lowest BCUT2D eigenvalue weighted by molar-refractivity contribution is -0.671. The maximum absolute atomic E-state index is 13.5. The van der Waals surface area contributed by atoms with E-state index in [0.29, 0.717) is 4.57 Å². The highest BCUT2D eigenvalue weighted by Crippen LogP contribution is 2.34. The average Bonchev–Trinajstić information content (AvgIpc) is 3.16. The van der Waals surface area contributed by atoms with E-state index in [4.69, 9.17) is 9.47 Å². The Bertz CT molecular complexity index is 1290. The van der Waals surface area contributed by atoms with E-state index in [0.717, 1.165) is 12.5 Å². The number of nitrogens with zero attached hydrogens (tertiary/aromatic N) is 3. The van der Waals surface area contributed by atoms with Gasteiger partial charge in [0, 0.05) is 0 Å². The Morgan fingerprint density at radius 1 is 1.00 bits per heavy atom. The standard InChI is InChI=1S/C18H19F6N3O7S2/c1-3-33-16(28)14(26-10-9-25(2)12-26)15(34-11-13-7-5-4-6-8-13)27(35(29,30)17(19,20)21)36(31,32)18(22,23)24/h4-10,12,14H,3,11H2,1-2H3/q+2. The number of hydrogen-bond acceptors (Lipinski definition) is 7. The van der Waals surface area contributed by atoms with Crippen molar-refractivity contribution < 1.29 is 65.4 Å². The Morgan fingerprint density at radius 3 is 1.94 bits per heavy atom. The second-order valence-corrected chi connectivity index (χ2v) is 10.7. The summed E-state index contributed by atoms with van der Waals surface area (Å²) >= 11 is 0. The average molecular weight is 567 g/mol. The van der Waals surface area contributed by atoms with Crippen molar-refractivity contribution >= 4 is 31.9 Å². The highest BCUT2D eigenvalue weighted by molar-refractivity contribution is 7.98. The molecular formula is C18H19F6N3O7S2+2. The van der Waals surface area contributed by atoms with Crippen LogP contribution in [0.25, 0.3) is 0 Å². The summed E-state index contributed by atoms with van der Waals surface area (Å²) in [6.07, 6.45) is 3.08. The third-order valence-electron chi connectivity index (χ3n) is 4.26. The summed E-state index contributed by atoms with van der Waals surface area (Å²) in [5.74, 6) is -3.63. The molecule has 0 radical (unpaired) electrons. The van der Waals surface area contributed by atoms with Crippen molar-refractivity contribution in [3.8, 4) is 0 Å². The molecule has 0 bridgehead atoms. The molecule has 2 rings (SSSR count). The van der Waals surface area contributed by atoms with Gasteiger partial charge in [0.05, 0.1) is 17.0 Å². The van der Waals surface area contributed by atoms with Gasteiger partial charge in [-0.05, 0) is 12.5 Å². The van der Waals surface area contributed by atoms with E-state index < -0.39 is 65.6 Å².